The number of carboxylic acid groups (broad SMARTS) is 1. The van der Waals surface area contributed by atoms with Gasteiger partial charge in [-0.2, -0.15) is 0 Å². The van der Waals surface area contributed by atoms with Gasteiger partial charge in [0.2, 0.25) is 0 Å². The molecule has 2 rings (SSSR count). The van der Waals surface area contributed by atoms with Crippen molar-refractivity contribution in [2.75, 3.05) is 0 Å². The first-order valence-corrected chi connectivity index (χ1v) is 5.34. The summed E-state index contributed by atoms with van der Waals surface area (Å²) >= 11 is 0. The van der Waals surface area contributed by atoms with Crippen LogP contribution in [0.3, 0.4) is 0 Å². The van der Waals surface area contributed by atoms with E-state index >= 15 is 0 Å². The lowest BCUT2D eigenvalue weighted by atomic mass is 9.91. The largest absolute Gasteiger partial charge is 0.481 e. The molecule has 1 aliphatic carbocycles. The van der Waals surface area contributed by atoms with Crippen LogP contribution in [0.1, 0.15) is 41.7 Å². The Morgan fingerprint density at radius 3 is 2.94 bits per heavy atom. The molecule has 0 fully saturated rings. The van der Waals surface area contributed by atoms with E-state index < -0.39 is 12.1 Å². The van der Waals surface area contributed by atoms with E-state index in [1.54, 1.807) is 6.92 Å². The second kappa shape index (κ2) is 4.17. The lowest BCUT2D eigenvalue weighted by Crippen LogP contribution is -2.18. The molecule has 0 aliphatic heterocycles. The third kappa shape index (κ3) is 2.04. The van der Waals surface area contributed by atoms with Crippen molar-refractivity contribution in [2.45, 2.75) is 38.7 Å². The Morgan fingerprint density at radius 2 is 2.25 bits per heavy atom. The predicted molar refractivity (Wildman–Crippen MR) is 56.0 cm³/mol. The van der Waals surface area contributed by atoms with Crippen molar-refractivity contribution in [1.82, 2.24) is 9.97 Å². The minimum atomic E-state index is -0.932. The van der Waals surface area contributed by atoms with Crippen LogP contribution in [0.15, 0.2) is 0 Å². The van der Waals surface area contributed by atoms with E-state index in [4.69, 9.17) is 5.11 Å². The molecule has 1 aliphatic rings. The molecule has 1 aromatic heterocycles. The number of carboxylic acids is 1. The van der Waals surface area contributed by atoms with Crippen molar-refractivity contribution >= 4 is 5.97 Å². The van der Waals surface area contributed by atoms with E-state index in [0.29, 0.717) is 23.5 Å². The van der Waals surface area contributed by atoms with Crippen LogP contribution in [0.5, 0.6) is 0 Å². The molecule has 5 heteroatoms. The summed E-state index contributed by atoms with van der Waals surface area (Å²) in [6, 6.07) is 0. The van der Waals surface area contributed by atoms with E-state index in [1.807, 2.05) is 0 Å². The summed E-state index contributed by atoms with van der Waals surface area (Å²) < 4.78 is 0. The van der Waals surface area contributed by atoms with Gasteiger partial charge in [0.25, 0.3) is 0 Å². The van der Waals surface area contributed by atoms with Gasteiger partial charge in [0.1, 0.15) is 5.82 Å². The molecule has 0 saturated heterocycles. The molecule has 2 N–H and O–H groups in total. The van der Waals surface area contributed by atoms with Crippen LogP contribution < -0.4 is 0 Å². The molecule has 0 saturated carbocycles. The van der Waals surface area contributed by atoms with Gasteiger partial charge in [-0.3, -0.25) is 4.79 Å². The lowest BCUT2D eigenvalue weighted by Gasteiger charge is -2.22. The topological polar surface area (TPSA) is 83.3 Å². The normalized spacial score (nSPS) is 19.2. The fraction of sp³-hybridized carbons (Fsp3) is 0.545. The zero-order valence-corrected chi connectivity index (χ0v) is 9.10. The number of hydrogen-bond donors (Lipinski definition) is 2. The third-order valence-corrected chi connectivity index (χ3v) is 2.76. The second-order valence-electron chi connectivity index (χ2n) is 4.06. The summed E-state index contributed by atoms with van der Waals surface area (Å²) in [4.78, 5) is 19.1. The lowest BCUT2D eigenvalue weighted by molar-refractivity contribution is -0.136. The molecule has 0 radical (unpaired) electrons. The monoisotopic (exact) mass is 222 g/mol. The van der Waals surface area contributed by atoms with E-state index in [-0.39, 0.29) is 6.42 Å². The average molecular weight is 222 g/mol. The Hall–Kier alpha value is -1.49. The molecule has 0 aromatic carbocycles. The Balaban J connectivity index is 2.49. The first kappa shape index (κ1) is 11.0. The highest BCUT2D eigenvalue weighted by molar-refractivity contribution is 5.70. The number of carbonyl (C=O) groups is 1. The summed E-state index contributed by atoms with van der Waals surface area (Å²) in [5.41, 5.74) is 1.91. The fourth-order valence-electron chi connectivity index (χ4n) is 2.16. The van der Waals surface area contributed by atoms with Crippen molar-refractivity contribution in [3.05, 3.63) is 22.8 Å². The number of fused-ring (bicyclic) bond motifs is 1. The van der Waals surface area contributed by atoms with Crippen LogP contribution >= 0.6 is 0 Å². The molecule has 0 spiro atoms. The van der Waals surface area contributed by atoms with Gasteiger partial charge in [-0.15, -0.1) is 0 Å². The smallest absolute Gasteiger partial charge is 0.309 e. The number of hydrogen-bond acceptors (Lipinski definition) is 4. The number of aromatic nitrogens is 2. The van der Waals surface area contributed by atoms with E-state index in [1.165, 1.54) is 0 Å². The van der Waals surface area contributed by atoms with Crippen LogP contribution in [0.4, 0.5) is 0 Å². The van der Waals surface area contributed by atoms with Gasteiger partial charge in [0, 0.05) is 5.56 Å². The Bertz CT molecular complexity index is 431. The summed E-state index contributed by atoms with van der Waals surface area (Å²) in [5.74, 6) is -0.359. The number of aliphatic hydroxyl groups is 1. The average Bonchev–Trinajstić information content (AvgIpc) is 2.15. The summed E-state index contributed by atoms with van der Waals surface area (Å²) in [5, 5.41) is 18.7. The first-order chi connectivity index (χ1) is 7.58. The Kier molecular flexibility index (Phi) is 2.87. The highest BCUT2D eigenvalue weighted by atomic mass is 16.4. The first-order valence-electron chi connectivity index (χ1n) is 5.34. The van der Waals surface area contributed by atoms with Gasteiger partial charge in [-0.05, 0) is 26.2 Å². The van der Waals surface area contributed by atoms with Crippen molar-refractivity contribution < 1.29 is 15.0 Å². The van der Waals surface area contributed by atoms with Crippen LogP contribution in [0, 0.1) is 6.92 Å². The molecule has 1 aromatic rings. The molecule has 5 nitrogen and oxygen atoms in total. The van der Waals surface area contributed by atoms with Gasteiger partial charge < -0.3 is 10.2 Å². The van der Waals surface area contributed by atoms with Crippen LogP contribution in [0.2, 0.25) is 0 Å². The quantitative estimate of drug-likeness (QED) is 0.772. The third-order valence-electron chi connectivity index (χ3n) is 2.76. The molecule has 16 heavy (non-hydrogen) atoms. The maximum Gasteiger partial charge on any atom is 0.309 e. The summed E-state index contributed by atoms with van der Waals surface area (Å²) in [6.45, 7) is 1.74. The molecule has 1 heterocycles. The molecule has 1 unspecified atom stereocenters. The molecular weight excluding hydrogens is 208 g/mol. The fourth-order valence-corrected chi connectivity index (χ4v) is 2.16. The van der Waals surface area contributed by atoms with Crippen molar-refractivity contribution in [3.63, 3.8) is 0 Å². The van der Waals surface area contributed by atoms with Crippen LogP contribution in [-0.4, -0.2) is 26.2 Å². The highest BCUT2D eigenvalue weighted by Gasteiger charge is 2.24. The van der Waals surface area contributed by atoms with Crippen LogP contribution in [-0.2, 0) is 17.6 Å². The molecule has 0 bridgehead atoms. The zero-order valence-electron chi connectivity index (χ0n) is 9.10. The molecule has 0 amide bonds. The molecule has 86 valence electrons. The maximum absolute atomic E-state index is 10.7. The summed E-state index contributed by atoms with van der Waals surface area (Å²) in [7, 11) is 0. The van der Waals surface area contributed by atoms with Crippen molar-refractivity contribution in [1.29, 1.82) is 0 Å². The van der Waals surface area contributed by atoms with Crippen molar-refractivity contribution in [3.8, 4) is 0 Å². The SMILES string of the molecule is Cc1nc2c(c(CC(=O)O)n1)C(O)CCC2. The number of nitrogens with zero attached hydrogens (tertiary/aromatic N) is 2. The van der Waals surface area contributed by atoms with Gasteiger partial charge >= 0.3 is 5.97 Å². The number of aliphatic carboxylic acids is 1. The van der Waals surface area contributed by atoms with Gasteiger partial charge in [-0.25, -0.2) is 9.97 Å². The molecular formula is C11H14N2O3. The Labute approximate surface area is 93.2 Å². The Morgan fingerprint density at radius 1 is 1.50 bits per heavy atom. The molecule has 1 atom stereocenters. The maximum atomic E-state index is 10.7. The summed E-state index contributed by atoms with van der Waals surface area (Å²) in [6.07, 6.45) is 1.58. The van der Waals surface area contributed by atoms with E-state index in [2.05, 4.69) is 9.97 Å². The van der Waals surface area contributed by atoms with Crippen LogP contribution in [0.25, 0.3) is 0 Å². The van der Waals surface area contributed by atoms with Gasteiger partial charge in [0.15, 0.2) is 0 Å². The standard InChI is InChI=1S/C11H14N2O3/c1-6-12-7-3-2-4-9(14)11(7)8(13-6)5-10(15)16/h9,14H,2-5H2,1H3,(H,15,16). The number of rotatable bonds is 2. The second-order valence-corrected chi connectivity index (χ2v) is 4.06. The zero-order chi connectivity index (χ0) is 11.7. The van der Waals surface area contributed by atoms with Gasteiger partial charge in [-0.1, -0.05) is 0 Å². The number of aliphatic hydroxyl groups excluding tert-OH is 1. The van der Waals surface area contributed by atoms with Crippen molar-refractivity contribution in [2.24, 2.45) is 0 Å². The minimum absolute atomic E-state index is 0.150. The van der Waals surface area contributed by atoms with E-state index in [9.17, 15) is 9.90 Å². The van der Waals surface area contributed by atoms with Gasteiger partial charge in [0.05, 0.1) is 23.9 Å². The minimum Gasteiger partial charge on any atom is -0.481 e. The number of aryl methyl sites for hydroxylation is 2. The highest BCUT2D eigenvalue weighted by Crippen LogP contribution is 2.30. The predicted octanol–water partition coefficient (Wildman–Crippen LogP) is 0.782. The van der Waals surface area contributed by atoms with E-state index in [0.717, 1.165) is 18.5 Å².